The van der Waals surface area contributed by atoms with Crippen molar-refractivity contribution in [3.8, 4) is 0 Å². The average Bonchev–Trinajstić information content (AvgIpc) is 3.59. The van der Waals surface area contributed by atoms with Crippen molar-refractivity contribution < 1.29 is 14.0 Å². The predicted octanol–water partition coefficient (Wildman–Crippen LogP) is 5.39. The molecule has 4 aromatic rings. The van der Waals surface area contributed by atoms with E-state index in [1.807, 2.05) is 48.8 Å². The summed E-state index contributed by atoms with van der Waals surface area (Å²) in [7, 11) is 0. The van der Waals surface area contributed by atoms with Crippen LogP contribution in [0.4, 0.5) is 20.9 Å². The molecular formula is C27H27FN6O2S. The zero-order valence-corrected chi connectivity index (χ0v) is 21.4. The number of anilines is 3. The molecule has 8 nitrogen and oxygen atoms in total. The molecular weight excluding hydrogens is 491 g/mol. The maximum atomic E-state index is 13.5. The monoisotopic (exact) mass is 518 g/mol. The minimum atomic E-state index is -0.549. The molecule has 0 bridgehead atoms. The van der Waals surface area contributed by atoms with Crippen LogP contribution in [0.15, 0.2) is 60.2 Å². The Morgan fingerprint density at radius 3 is 2.73 bits per heavy atom. The summed E-state index contributed by atoms with van der Waals surface area (Å²) < 4.78 is 15.3. The van der Waals surface area contributed by atoms with Crippen molar-refractivity contribution in [3.05, 3.63) is 88.7 Å². The van der Waals surface area contributed by atoms with E-state index in [2.05, 4.69) is 20.5 Å². The molecule has 0 radical (unpaired) electrons. The number of carbonyl (C=O) groups excluding carboxylic acids is 2. The number of hydrogen-bond donors (Lipinski definition) is 2. The van der Waals surface area contributed by atoms with Gasteiger partial charge in [-0.2, -0.15) is 4.39 Å². The molecule has 5 rings (SSSR count). The zero-order valence-electron chi connectivity index (χ0n) is 20.6. The summed E-state index contributed by atoms with van der Waals surface area (Å²) in [5.74, 6) is -0.912. The van der Waals surface area contributed by atoms with Crippen molar-refractivity contribution >= 4 is 39.7 Å². The minimum Gasteiger partial charge on any atom is -0.363 e. The Bertz CT molecular complexity index is 1430. The molecule has 0 spiro atoms. The number of pyridine rings is 1. The molecule has 0 aliphatic carbocycles. The van der Waals surface area contributed by atoms with Crippen LogP contribution in [0.3, 0.4) is 0 Å². The fourth-order valence-electron chi connectivity index (χ4n) is 4.70. The van der Waals surface area contributed by atoms with Crippen molar-refractivity contribution in [2.24, 2.45) is 0 Å². The number of thiazole rings is 1. The van der Waals surface area contributed by atoms with E-state index in [0.717, 1.165) is 47.6 Å². The molecule has 37 heavy (non-hydrogen) atoms. The molecule has 1 aliphatic rings. The smallest absolute Gasteiger partial charge is 0.274 e. The molecule has 4 heterocycles. The van der Waals surface area contributed by atoms with Gasteiger partial charge in [-0.3, -0.25) is 14.9 Å². The second-order valence-corrected chi connectivity index (χ2v) is 9.99. The van der Waals surface area contributed by atoms with E-state index in [9.17, 15) is 14.0 Å². The molecule has 2 amide bonds. The van der Waals surface area contributed by atoms with Crippen LogP contribution < -0.4 is 15.5 Å². The van der Waals surface area contributed by atoms with Gasteiger partial charge in [-0.1, -0.05) is 0 Å². The number of benzene rings is 1. The first-order valence-electron chi connectivity index (χ1n) is 12.0. The molecule has 3 aromatic heterocycles. The third kappa shape index (κ3) is 5.69. The summed E-state index contributed by atoms with van der Waals surface area (Å²) in [5, 5.41) is 8.26. The van der Waals surface area contributed by atoms with Crippen molar-refractivity contribution in [1.82, 2.24) is 14.5 Å². The van der Waals surface area contributed by atoms with E-state index in [0.29, 0.717) is 17.4 Å². The van der Waals surface area contributed by atoms with Crippen LogP contribution in [0, 0.1) is 12.9 Å². The van der Waals surface area contributed by atoms with Gasteiger partial charge >= 0.3 is 0 Å². The lowest BCUT2D eigenvalue weighted by Crippen LogP contribution is -2.23. The number of nitrogens with one attached hydrogen (secondary N) is 2. The number of rotatable bonds is 7. The quantitative estimate of drug-likeness (QED) is 0.320. The Hall–Kier alpha value is -4.05. The second kappa shape index (κ2) is 10.5. The molecule has 0 saturated carbocycles. The van der Waals surface area contributed by atoms with Crippen LogP contribution in [-0.4, -0.2) is 32.9 Å². The minimum absolute atomic E-state index is 0.0995. The number of hydrogen-bond acceptors (Lipinski definition) is 6. The summed E-state index contributed by atoms with van der Waals surface area (Å²) in [6.45, 7) is 4.67. The number of nitrogens with zero attached hydrogens (tertiary/aromatic N) is 4. The van der Waals surface area contributed by atoms with Gasteiger partial charge < -0.3 is 14.8 Å². The SMILES string of the molecule is CC(=O)Nc1ccc(N2CCC[C@@H]2c2csc(NC(=O)c3cc(C)cn3Cc3ccnc(F)c3)n2)cc1. The van der Waals surface area contributed by atoms with E-state index < -0.39 is 5.95 Å². The van der Waals surface area contributed by atoms with Crippen molar-refractivity contribution in [1.29, 1.82) is 0 Å². The van der Waals surface area contributed by atoms with Gasteiger partial charge in [0.25, 0.3) is 5.91 Å². The number of aromatic nitrogens is 3. The normalized spacial score (nSPS) is 15.1. The zero-order chi connectivity index (χ0) is 25.9. The van der Waals surface area contributed by atoms with Crippen molar-refractivity contribution in [2.75, 3.05) is 22.1 Å². The topological polar surface area (TPSA) is 92.2 Å². The molecule has 1 aliphatic heterocycles. The fourth-order valence-corrected chi connectivity index (χ4v) is 5.45. The van der Waals surface area contributed by atoms with Gasteiger partial charge in [0, 0.05) is 49.2 Å². The van der Waals surface area contributed by atoms with E-state index in [1.165, 1.54) is 30.5 Å². The molecule has 1 saturated heterocycles. The summed E-state index contributed by atoms with van der Waals surface area (Å²) >= 11 is 1.40. The lowest BCUT2D eigenvalue weighted by molar-refractivity contribution is -0.114. The van der Waals surface area contributed by atoms with Gasteiger partial charge in [-0.05, 0) is 73.4 Å². The highest BCUT2D eigenvalue weighted by Gasteiger charge is 2.28. The van der Waals surface area contributed by atoms with Gasteiger partial charge in [-0.25, -0.2) is 9.97 Å². The second-order valence-electron chi connectivity index (χ2n) is 9.13. The number of halogens is 1. The average molecular weight is 519 g/mol. The van der Waals surface area contributed by atoms with E-state index >= 15 is 0 Å². The summed E-state index contributed by atoms with van der Waals surface area (Å²) in [4.78, 5) is 35.1. The van der Waals surface area contributed by atoms with Crippen LogP contribution in [0.2, 0.25) is 0 Å². The van der Waals surface area contributed by atoms with Crippen molar-refractivity contribution in [2.45, 2.75) is 39.3 Å². The lowest BCUT2D eigenvalue weighted by atomic mass is 10.1. The summed E-state index contributed by atoms with van der Waals surface area (Å²) in [5.41, 5.74) is 4.89. The first kappa shape index (κ1) is 24.6. The largest absolute Gasteiger partial charge is 0.363 e. The molecule has 1 atom stereocenters. The maximum absolute atomic E-state index is 13.5. The van der Waals surface area contributed by atoms with Crippen molar-refractivity contribution in [3.63, 3.8) is 0 Å². The molecule has 1 aromatic carbocycles. The van der Waals surface area contributed by atoms with Gasteiger partial charge in [0.1, 0.15) is 5.69 Å². The van der Waals surface area contributed by atoms with Gasteiger partial charge in [-0.15, -0.1) is 11.3 Å². The lowest BCUT2D eigenvalue weighted by Gasteiger charge is -2.25. The predicted molar refractivity (Wildman–Crippen MR) is 143 cm³/mol. The number of amides is 2. The highest BCUT2D eigenvalue weighted by atomic mass is 32.1. The van der Waals surface area contributed by atoms with Crippen LogP contribution in [0.5, 0.6) is 0 Å². The van der Waals surface area contributed by atoms with Gasteiger partial charge in [0.15, 0.2) is 5.13 Å². The molecule has 1 fully saturated rings. The first-order chi connectivity index (χ1) is 17.9. The number of aryl methyl sites for hydroxylation is 1. The first-order valence-corrected chi connectivity index (χ1v) is 12.9. The van der Waals surface area contributed by atoms with E-state index in [1.54, 1.807) is 10.6 Å². The number of carbonyl (C=O) groups is 2. The van der Waals surface area contributed by atoms with Crippen LogP contribution >= 0.6 is 11.3 Å². The Labute approximate surface area is 218 Å². The molecule has 10 heteroatoms. The van der Waals surface area contributed by atoms with Crippen LogP contribution in [-0.2, 0) is 11.3 Å². The highest BCUT2D eigenvalue weighted by molar-refractivity contribution is 7.14. The fraction of sp³-hybridized carbons (Fsp3) is 0.259. The third-order valence-corrected chi connectivity index (χ3v) is 7.04. The molecule has 190 valence electrons. The molecule has 2 N–H and O–H groups in total. The Kier molecular flexibility index (Phi) is 7.00. The molecule has 0 unspecified atom stereocenters. The van der Waals surface area contributed by atoms with Crippen LogP contribution in [0.25, 0.3) is 0 Å². The summed E-state index contributed by atoms with van der Waals surface area (Å²) in [6, 6.07) is 12.8. The van der Waals surface area contributed by atoms with Crippen LogP contribution in [0.1, 0.15) is 53.1 Å². The van der Waals surface area contributed by atoms with E-state index in [4.69, 9.17) is 4.98 Å². The van der Waals surface area contributed by atoms with Gasteiger partial charge in [0.2, 0.25) is 11.9 Å². The Morgan fingerprint density at radius 1 is 1.16 bits per heavy atom. The third-order valence-electron chi connectivity index (χ3n) is 6.27. The maximum Gasteiger partial charge on any atom is 0.274 e. The Balaban J connectivity index is 1.29. The van der Waals surface area contributed by atoms with E-state index in [-0.39, 0.29) is 17.9 Å². The summed E-state index contributed by atoms with van der Waals surface area (Å²) in [6.07, 6.45) is 5.30. The van der Waals surface area contributed by atoms with Gasteiger partial charge in [0.05, 0.1) is 11.7 Å². The standard InChI is InChI=1S/C27H27FN6O2S/c1-17-12-24(33(14-17)15-19-9-10-29-25(28)13-19)26(36)32-27-31-22(16-37-27)23-4-3-11-34(23)21-7-5-20(6-8-21)30-18(2)35/h5-10,12-14,16,23H,3-4,11,15H2,1-2H3,(H,30,35)(H,31,32,36)/t23-/m1/s1. The Morgan fingerprint density at radius 2 is 1.97 bits per heavy atom. The highest BCUT2D eigenvalue weighted by Crippen LogP contribution is 2.37.